The molecule has 0 bridgehead atoms. The number of aromatic amines is 1. The summed E-state index contributed by atoms with van der Waals surface area (Å²) in [6.45, 7) is 0. The largest absolute Gasteiger partial charge is 0.296 e. The summed E-state index contributed by atoms with van der Waals surface area (Å²) in [5.74, 6) is -0.225. The lowest BCUT2D eigenvalue weighted by Gasteiger charge is -2.00. The molecule has 0 radical (unpaired) electrons. The van der Waals surface area contributed by atoms with Crippen molar-refractivity contribution in [1.82, 2.24) is 15.2 Å². The molecule has 0 unspecified atom stereocenters. The summed E-state index contributed by atoms with van der Waals surface area (Å²) < 4.78 is 22.1. The average Bonchev–Trinajstić information content (AvgIpc) is 2.77. The van der Waals surface area contributed by atoms with Crippen LogP contribution in [0.25, 0.3) is 11.4 Å². The van der Waals surface area contributed by atoms with Crippen molar-refractivity contribution in [2.24, 2.45) is 0 Å². The molecule has 1 aromatic carbocycles. The number of benzene rings is 1. The number of aromatic nitrogens is 3. The van der Waals surface area contributed by atoms with Crippen LogP contribution in [-0.2, 0) is 9.05 Å². The standard InChI is InChI=1S/C8H4Cl2N4O4S/c9-4-2-1-3-5(14(15)16)6(4)7-11-8(13-12-7)19(10,17)18/h1-3H,(H,11,12,13). The van der Waals surface area contributed by atoms with E-state index in [1.165, 1.54) is 18.2 Å². The third-order valence-electron chi connectivity index (χ3n) is 2.11. The molecule has 1 aromatic heterocycles. The fourth-order valence-corrected chi connectivity index (χ4v) is 2.17. The zero-order chi connectivity index (χ0) is 14.2. The molecular formula is C8H4Cl2N4O4S. The topological polar surface area (TPSA) is 119 Å². The van der Waals surface area contributed by atoms with Gasteiger partial charge in [-0.1, -0.05) is 17.7 Å². The van der Waals surface area contributed by atoms with Crippen LogP contribution in [0.3, 0.4) is 0 Å². The molecule has 0 saturated carbocycles. The van der Waals surface area contributed by atoms with Crippen molar-refractivity contribution in [3.05, 3.63) is 33.3 Å². The number of hydrogen-bond acceptors (Lipinski definition) is 6. The summed E-state index contributed by atoms with van der Waals surface area (Å²) in [4.78, 5) is 13.8. The van der Waals surface area contributed by atoms with E-state index in [0.717, 1.165) is 0 Å². The number of nitrogens with one attached hydrogen (secondary N) is 1. The summed E-state index contributed by atoms with van der Waals surface area (Å²) in [7, 11) is 0.967. The predicted molar refractivity (Wildman–Crippen MR) is 66.5 cm³/mol. The highest BCUT2D eigenvalue weighted by molar-refractivity contribution is 8.13. The summed E-state index contributed by atoms with van der Waals surface area (Å²) in [6, 6.07) is 3.98. The fourth-order valence-electron chi connectivity index (χ4n) is 1.35. The average molecular weight is 323 g/mol. The number of nitro groups is 1. The third-order valence-corrected chi connectivity index (χ3v) is 3.51. The van der Waals surface area contributed by atoms with Crippen molar-refractivity contribution >= 4 is 37.0 Å². The van der Waals surface area contributed by atoms with Crippen LogP contribution in [-0.4, -0.2) is 28.5 Å². The zero-order valence-electron chi connectivity index (χ0n) is 8.87. The Balaban J connectivity index is 2.66. The van der Waals surface area contributed by atoms with E-state index >= 15 is 0 Å². The van der Waals surface area contributed by atoms with Crippen LogP contribution in [0.4, 0.5) is 5.69 Å². The summed E-state index contributed by atoms with van der Waals surface area (Å²) in [5.41, 5.74) is -0.429. The van der Waals surface area contributed by atoms with E-state index in [0.29, 0.717) is 0 Å². The van der Waals surface area contributed by atoms with Gasteiger partial charge in [0.1, 0.15) is 5.56 Å². The number of H-pyrrole nitrogens is 1. The maximum absolute atomic E-state index is 11.0. The van der Waals surface area contributed by atoms with Gasteiger partial charge in [0.2, 0.25) is 0 Å². The highest BCUT2D eigenvalue weighted by Gasteiger charge is 2.24. The van der Waals surface area contributed by atoms with Gasteiger partial charge in [-0.15, -0.1) is 0 Å². The predicted octanol–water partition coefficient (Wildman–Crippen LogP) is 1.96. The van der Waals surface area contributed by atoms with Crippen molar-refractivity contribution in [3.8, 4) is 11.4 Å². The van der Waals surface area contributed by atoms with E-state index < -0.39 is 19.1 Å². The first-order valence-corrected chi connectivity index (χ1v) is 7.30. The molecule has 100 valence electrons. The lowest BCUT2D eigenvalue weighted by atomic mass is 10.1. The summed E-state index contributed by atoms with van der Waals surface area (Å²) >= 11 is 5.85. The molecule has 0 spiro atoms. The molecule has 0 fully saturated rings. The smallest absolute Gasteiger partial charge is 0.258 e. The molecule has 1 N–H and O–H groups in total. The molecule has 2 rings (SSSR count). The molecule has 19 heavy (non-hydrogen) atoms. The van der Waals surface area contributed by atoms with Crippen LogP contribution in [0.15, 0.2) is 23.4 Å². The molecule has 0 aliphatic carbocycles. The van der Waals surface area contributed by atoms with E-state index in [9.17, 15) is 18.5 Å². The number of hydrogen-bond donors (Lipinski definition) is 1. The fraction of sp³-hybridized carbons (Fsp3) is 0. The molecular weight excluding hydrogens is 319 g/mol. The molecule has 2 aromatic rings. The first-order valence-electron chi connectivity index (χ1n) is 4.61. The maximum Gasteiger partial charge on any atom is 0.296 e. The summed E-state index contributed by atoms with van der Waals surface area (Å²) in [5, 5.41) is 15.9. The highest BCUT2D eigenvalue weighted by atomic mass is 35.7. The van der Waals surface area contributed by atoms with Crippen molar-refractivity contribution in [1.29, 1.82) is 0 Å². The number of nitro benzene ring substituents is 1. The van der Waals surface area contributed by atoms with Gasteiger partial charge in [0.25, 0.3) is 19.9 Å². The highest BCUT2D eigenvalue weighted by Crippen LogP contribution is 2.34. The molecule has 0 atom stereocenters. The molecule has 0 aliphatic rings. The Morgan fingerprint density at radius 3 is 2.58 bits per heavy atom. The Kier molecular flexibility index (Phi) is 3.43. The van der Waals surface area contributed by atoms with E-state index in [2.05, 4.69) is 15.2 Å². The SMILES string of the molecule is O=[N+]([O-])c1cccc(Cl)c1-c1n[nH]c(S(=O)(=O)Cl)n1. The quantitative estimate of drug-likeness (QED) is 0.524. The van der Waals surface area contributed by atoms with Crippen molar-refractivity contribution < 1.29 is 13.3 Å². The van der Waals surface area contributed by atoms with Crippen molar-refractivity contribution in [2.45, 2.75) is 5.16 Å². The van der Waals surface area contributed by atoms with Gasteiger partial charge in [-0.3, -0.25) is 10.1 Å². The van der Waals surface area contributed by atoms with Crippen LogP contribution in [0.5, 0.6) is 0 Å². The van der Waals surface area contributed by atoms with Crippen LogP contribution in [0, 0.1) is 10.1 Å². The first-order chi connectivity index (χ1) is 8.80. The minimum atomic E-state index is -4.11. The van der Waals surface area contributed by atoms with Gasteiger partial charge in [0.15, 0.2) is 5.82 Å². The van der Waals surface area contributed by atoms with Crippen LogP contribution in [0.1, 0.15) is 0 Å². The molecule has 1 heterocycles. The monoisotopic (exact) mass is 322 g/mol. The molecule has 8 nitrogen and oxygen atoms in total. The van der Waals surface area contributed by atoms with Crippen molar-refractivity contribution in [3.63, 3.8) is 0 Å². The summed E-state index contributed by atoms with van der Waals surface area (Å²) in [6.07, 6.45) is 0. The van der Waals surface area contributed by atoms with Crippen LogP contribution in [0.2, 0.25) is 5.02 Å². The van der Waals surface area contributed by atoms with Gasteiger partial charge >= 0.3 is 0 Å². The van der Waals surface area contributed by atoms with Gasteiger partial charge in [-0.25, -0.2) is 13.5 Å². The lowest BCUT2D eigenvalue weighted by molar-refractivity contribution is -0.384. The van der Waals surface area contributed by atoms with Gasteiger partial charge < -0.3 is 0 Å². The maximum atomic E-state index is 11.0. The second-order valence-corrected chi connectivity index (χ2v) is 6.18. The van der Waals surface area contributed by atoms with Gasteiger partial charge in [-0.05, 0) is 6.07 Å². The molecule has 0 amide bonds. The zero-order valence-corrected chi connectivity index (χ0v) is 11.2. The Morgan fingerprint density at radius 1 is 1.37 bits per heavy atom. The number of nitrogens with zero attached hydrogens (tertiary/aromatic N) is 3. The van der Waals surface area contributed by atoms with Crippen LogP contribution >= 0.6 is 22.3 Å². The Bertz CT molecular complexity index is 758. The normalized spacial score (nSPS) is 11.5. The third kappa shape index (κ3) is 2.67. The molecule has 11 heteroatoms. The van der Waals surface area contributed by atoms with Crippen LogP contribution < -0.4 is 0 Å². The lowest BCUT2D eigenvalue weighted by Crippen LogP contribution is -1.95. The van der Waals surface area contributed by atoms with Gasteiger partial charge in [0, 0.05) is 16.7 Å². The Labute approximate surface area is 115 Å². The minimum absolute atomic E-state index is 0.0201. The number of halogens is 2. The molecule has 0 saturated heterocycles. The second-order valence-electron chi connectivity index (χ2n) is 3.29. The van der Waals surface area contributed by atoms with E-state index in [1.807, 2.05) is 0 Å². The van der Waals surface area contributed by atoms with Gasteiger partial charge in [-0.2, -0.15) is 10.1 Å². The Hall–Kier alpha value is -1.71. The number of rotatable bonds is 3. The van der Waals surface area contributed by atoms with Gasteiger partial charge in [0.05, 0.1) is 9.95 Å². The minimum Gasteiger partial charge on any atom is -0.258 e. The van der Waals surface area contributed by atoms with E-state index in [-0.39, 0.29) is 22.1 Å². The first kappa shape index (κ1) is 13.7. The molecule has 0 aliphatic heterocycles. The second kappa shape index (κ2) is 4.76. The van der Waals surface area contributed by atoms with E-state index in [1.54, 1.807) is 0 Å². The Morgan fingerprint density at radius 2 is 2.05 bits per heavy atom. The van der Waals surface area contributed by atoms with Crippen molar-refractivity contribution in [2.75, 3.05) is 0 Å². The van der Waals surface area contributed by atoms with E-state index in [4.69, 9.17) is 22.3 Å².